The predicted molar refractivity (Wildman–Crippen MR) is 81.9 cm³/mol. The number of anilines is 1. The van der Waals surface area contributed by atoms with Crippen molar-refractivity contribution in [2.45, 2.75) is 19.0 Å². The number of nitrogens with one attached hydrogen (secondary N) is 1. The second kappa shape index (κ2) is 5.85. The molecule has 4 rings (SSSR count). The predicted octanol–water partition coefficient (Wildman–Crippen LogP) is 0.968. The third-order valence-electron chi connectivity index (χ3n) is 4.38. The van der Waals surface area contributed by atoms with Crippen molar-refractivity contribution in [3.8, 4) is 0 Å². The molecule has 2 atom stereocenters. The van der Waals surface area contributed by atoms with Gasteiger partial charge in [-0.15, -0.1) is 0 Å². The maximum absolute atomic E-state index is 6.11. The first-order chi connectivity index (χ1) is 9.69. The minimum atomic E-state index is 0.189. The Bertz CT molecular complexity index is 473. The molecule has 3 saturated heterocycles. The number of pyridine rings is 1. The lowest BCUT2D eigenvalue weighted by Crippen LogP contribution is -2.64. The Morgan fingerprint density at radius 3 is 2.80 bits per heavy atom. The second-order valence-electron chi connectivity index (χ2n) is 5.57. The molecule has 0 aromatic carbocycles. The van der Waals surface area contributed by atoms with Crippen LogP contribution in [0.25, 0.3) is 0 Å². The van der Waals surface area contributed by atoms with Gasteiger partial charge in [0.25, 0.3) is 0 Å². The maximum atomic E-state index is 6.11. The summed E-state index contributed by atoms with van der Waals surface area (Å²) in [7, 11) is 0. The molecule has 1 aromatic rings. The number of halogens is 1. The first-order valence-electron chi connectivity index (χ1n) is 7.29. The van der Waals surface area contributed by atoms with Gasteiger partial charge >= 0.3 is 0 Å². The molecule has 6 heteroatoms. The number of hydrogen-bond donors (Lipinski definition) is 2. The number of aromatic nitrogens is 1. The smallest absolute Gasteiger partial charge is 0.128 e. The number of hydrogen-bond acceptors (Lipinski definition) is 5. The van der Waals surface area contributed by atoms with E-state index >= 15 is 0 Å². The van der Waals surface area contributed by atoms with E-state index in [2.05, 4.69) is 27.0 Å². The Hall–Kier alpha value is -0.880. The van der Waals surface area contributed by atoms with E-state index < -0.39 is 0 Å². The molecular weight excluding hydrogens is 274 g/mol. The Morgan fingerprint density at radius 1 is 1.45 bits per heavy atom. The number of rotatable bonds is 4. The quantitative estimate of drug-likeness (QED) is 0.867. The Labute approximate surface area is 125 Å². The molecule has 0 spiro atoms. The van der Waals surface area contributed by atoms with Crippen LogP contribution < -0.4 is 11.1 Å². The minimum Gasteiger partial charge on any atom is -0.383 e. The monoisotopic (exact) mass is 295 g/mol. The van der Waals surface area contributed by atoms with E-state index in [1.165, 1.54) is 13.1 Å². The van der Waals surface area contributed by atoms with Crippen LogP contribution in [-0.4, -0.2) is 60.1 Å². The topological polar surface area (TPSA) is 57.4 Å². The fourth-order valence-corrected chi connectivity index (χ4v) is 3.53. The van der Waals surface area contributed by atoms with Gasteiger partial charge in [-0.05, 0) is 12.6 Å². The Morgan fingerprint density at radius 2 is 2.20 bits per heavy atom. The molecule has 2 unspecified atom stereocenters. The molecule has 0 radical (unpaired) electrons. The summed E-state index contributed by atoms with van der Waals surface area (Å²) in [6, 6.07) is 2.59. The molecule has 20 heavy (non-hydrogen) atoms. The van der Waals surface area contributed by atoms with Crippen LogP contribution >= 0.6 is 11.6 Å². The summed E-state index contributed by atoms with van der Waals surface area (Å²) in [6.45, 7) is 8.75. The van der Waals surface area contributed by atoms with Crippen molar-refractivity contribution in [2.24, 2.45) is 0 Å². The van der Waals surface area contributed by atoms with Gasteiger partial charge in [0.05, 0.1) is 11.1 Å². The molecule has 0 amide bonds. The van der Waals surface area contributed by atoms with Crippen molar-refractivity contribution >= 4 is 17.4 Å². The minimum absolute atomic E-state index is 0.189. The number of nitrogens with zero attached hydrogens (tertiary/aromatic N) is 3. The van der Waals surface area contributed by atoms with Crippen LogP contribution in [0.15, 0.2) is 12.3 Å². The van der Waals surface area contributed by atoms with Gasteiger partial charge < -0.3 is 11.1 Å². The molecule has 3 fully saturated rings. The largest absolute Gasteiger partial charge is 0.383 e. The zero-order chi connectivity index (χ0) is 14.1. The zero-order valence-electron chi connectivity index (χ0n) is 11.8. The highest BCUT2D eigenvalue weighted by Gasteiger charge is 2.37. The second-order valence-corrected chi connectivity index (χ2v) is 6.00. The molecule has 110 valence electrons. The van der Waals surface area contributed by atoms with E-state index in [-0.39, 0.29) is 6.04 Å². The molecule has 3 N–H and O–H groups in total. The SMILES string of the molecule is CCNC(c1cc(Cl)cnc1N)C1CN2CCN1CC2. The maximum Gasteiger partial charge on any atom is 0.128 e. The standard InChI is InChI=1S/C14H22ClN5/c1-2-17-13(11-7-10(15)8-18-14(11)16)12-9-19-3-5-20(12)6-4-19/h7-8,12-13,17H,2-6,9H2,1H3,(H2,16,18). The van der Waals surface area contributed by atoms with E-state index in [1.807, 2.05) is 6.07 Å². The highest BCUT2D eigenvalue weighted by molar-refractivity contribution is 6.30. The molecule has 5 nitrogen and oxygen atoms in total. The summed E-state index contributed by atoms with van der Waals surface area (Å²) < 4.78 is 0. The van der Waals surface area contributed by atoms with Gasteiger partial charge in [-0.25, -0.2) is 4.98 Å². The van der Waals surface area contributed by atoms with E-state index in [4.69, 9.17) is 17.3 Å². The highest BCUT2D eigenvalue weighted by Crippen LogP contribution is 2.30. The van der Waals surface area contributed by atoms with Crippen LogP contribution in [0.5, 0.6) is 0 Å². The van der Waals surface area contributed by atoms with Gasteiger partial charge in [-0.1, -0.05) is 18.5 Å². The molecule has 2 bridgehead atoms. The lowest BCUT2D eigenvalue weighted by molar-refractivity contribution is -0.00336. The van der Waals surface area contributed by atoms with Gasteiger partial charge in [0.15, 0.2) is 0 Å². The lowest BCUT2D eigenvalue weighted by atomic mass is 9.94. The average Bonchev–Trinajstić information content (AvgIpc) is 2.49. The summed E-state index contributed by atoms with van der Waals surface area (Å²) in [4.78, 5) is 9.31. The van der Waals surface area contributed by atoms with Crippen LogP contribution in [0, 0.1) is 0 Å². The third kappa shape index (κ3) is 2.63. The van der Waals surface area contributed by atoms with Crippen molar-refractivity contribution in [1.29, 1.82) is 0 Å². The Kier molecular flexibility index (Phi) is 4.12. The summed E-state index contributed by atoms with van der Waals surface area (Å²) in [5.74, 6) is 0.581. The van der Waals surface area contributed by atoms with Crippen LogP contribution in [-0.2, 0) is 0 Å². The van der Waals surface area contributed by atoms with Crippen LogP contribution in [0.1, 0.15) is 18.5 Å². The van der Waals surface area contributed by atoms with Crippen LogP contribution in [0.4, 0.5) is 5.82 Å². The van der Waals surface area contributed by atoms with Gasteiger partial charge in [-0.3, -0.25) is 9.80 Å². The highest BCUT2D eigenvalue weighted by atomic mass is 35.5. The van der Waals surface area contributed by atoms with Gasteiger partial charge in [0.1, 0.15) is 5.82 Å². The van der Waals surface area contributed by atoms with E-state index in [9.17, 15) is 0 Å². The molecule has 0 saturated carbocycles. The molecular formula is C14H22ClN5. The lowest BCUT2D eigenvalue weighted by Gasteiger charge is -2.50. The summed E-state index contributed by atoms with van der Waals surface area (Å²) >= 11 is 6.11. The molecule has 3 aliphatic heterocycles. The summed E-state index contributed by atoms with van der Waals surface area (Å²) in [5, 5.41) is 4.22. The molecule has 3 aliphatic rings. The third-order valence-corrected chi connectivity index (χ3v) is 4.59. The number of likely N-dealkylation sites (N-methyl/N-ethyl adjacent to an activating group) is 1. The Balaban J connectivity index is 1.90. The van der Waals surface area contributed by atoms with Crippen molar-refractivity contribution in [2.75, 3.05) is 45.0 Å². The first kappa shape index (κ1) is 14.1. The van der Waals surface area contributed by atoms with Gasteiger partial charge in [0.2, 0.25) is 0 Å². The van der Waals surface area contributed by atoms with Gasteiger partial charge in [0, 0.05) is 50.5 Å². The first-order valence-corrected chi connectivity index (χ1v) is 7.67. The number of fused-ring (bicyclic) bond motifs is 3. The van der Waals surface area contributed by atoms with E-state index in [1.54, 1.807) is 6.20 Å². The summed E-state index contributed by atoms with van der Waals surface area (Å²) in [5.41, 5.74) is 7.11. The molecule has 0 aliphatic carbocycles. The van der Waals surface area contributed by atoms with Crippen LogP contribution in [0.3, 0.4) is 0 Å². The molecule has 4 heterocycles. The molecule has 1 aromatic heterocycles. The van der Waals surface area contributed by atoms with Crippen molar-refractivity contribution < 1.29 is 0 Å². The normalized spacial score (nSPS) is 30.4. The van der Waals surface area contributed by atoms with Crippen LogP contribution in [0.2, 0.25) is 5.02 Å². The number of nitrogen functional groups attached to an aromatic ring is 1. The van der Waals surface area contributed by atoms with Crippen molar-refractivity contribution in [3.05, 3.63) is 22.8 Å². The van der Waals surface area contributed by atoms with Crippen molar-refractivity contribution in [1.82, 2.24) is 20.1 Å². The zero-order valence-corrected chi connectivity index (χ0v) is 12.6. The fraction of sp³-hybridized carbons (Fsp3) is 0.643. The van der Waals surface area contributed by atoms with Gasteiger partial charge in [-0.2, -0.15) is 0 Å². The average molecular weight is 296 g/mol. The number of piperazine rings is 3. The summed E-state index contributed by atoms with van der Waals surface area (Å²) in [6.07, 6.45) is 1.61. The van der Waals surface area contributed by atoms with E-state index in [0.717, 1.165) is 31.7 Å². The number of nitrogens with two attached hydrogens (primary N) is 1. The van der Waals surface area contributed by atoms with Crippen molar-refractivity contribution in [3.63, 3.8) is 0 Å². The van der Waals surface area contributed by atoms with E-state index in [0.29, 0.717) is 16.9 Å². The fourth-order valence-electron chi connectivity index (χ4n) is 3.36.